The van der Waals surface area contributed by atoms with Gasteiger partial charge in [0.1, 0.15) is 0 Å². The summed E-state index contributed by atoms with van der Waals surface area (Å²) >= 11 is 0. The maximum Gasteiger partial charge on any atom is 0.258 e. The molecule has 0 aliphatic carbocycles. The minimum absolute atomic E-state index is 0.0674. The van der Waals surface area contributed by atoms with Gasteiger partial charge in [0.15, 0.2) is 18.1 Å². The predicted molar refractivity (Wildman–Crippen MR) is 80.5 cm³/mol. The second-order valence-corrected chi connectivity index (χ2v) is 4.59. The van der Waals surface area contributed by atoms with Crippen LogP contribution in [0.25, 0.3) is 0 Å². The van der Waals surface area contributed by atoms with Crippen LogP contribution in [0.2, 0.25) is 0 Å². The van der Waals surface area contributed by atoms with E-state index in [0.717, 1.165) is 5.56 Å². The van der Waals surface area contributed by atoms with E-state index in [4.69, 9.17) is 19.9 Å². The molecule has 0 heterocycles. The highest BCUT2D eigenvalue weighted by Crippen LogP contribution is 2.31. The number of hydrogen-bond donors (Lipinski definition) is 2. The number of ether oxygens (including phenoxy) is 3. The molecule has 0 radical (unpaired) electrons. The molecule has 0 aliphatic heterocycles. The Morgan fingerprint density at radius 1 is 1.38 bits per heavy atom. The highest BCUT2D eigenvalue weighted by Gasteiger charge is 2.13. The number of nitrogens with one attached hydrogen (secondary N) is 1. The lowest BCUT2D eigenvalue weighted by Gasteiger charge is -2.16. The topological polar surface area (TPSA) is 82.8 Å². The van der Waals surface area contributed by atoms with E-state index in [1.165, 1.54) is 0 Å². The summed E-state index contributed by atoms with van der Waals surface area (Å²) in [5.74, 6) is 0.906. The van der Waals surface area contributed by atoms with Crippen molar-refractivity contribution < 1.29 is 19.0 Å². The maximum atomic E-state index is 11.8. The number of carbonyl (C=O) groups excluding carboxylic acids is 1. The van der Waals surface area contributed by atoms with Gasteiger partial charge >= 0.3 is 0 Å². The second kappa shape index (κ2) is 9.20. The van der Waals surface area contributed by atoms with Gasteiger partial charge in [0.2, 0.25) is 0 Å². The molecule has 6 heteroatoms. The fourth-order valence-electron chi connectivity index (χ4n) is 1.90. The third kappa shape index (κ3) is 5.61. The zero-order valence-electron chi connectivity index (χ0n) is 12.8. The molecule has 21 heavy (non-hydrogen) atoms. The van der Waals surface area contributed by atoms with E-state index in [0.29, 0.717) is 31.3 Å². The number of benzene rings is 1. The summed E-state index contributed by atoms with van der Waals surface area (Å²) in [6, 6.07) is 5.43. The van der Waals surface area contributed by atoms with Gasteiger partial charge in [-0.25, -0.2) is 0 Å². The molecule has 0 fully saturated rings. The molecule has 0 saturated heterocycles. The molecule has 1 amide bonds. The average Bonchev–Trinajstić information content (AvgIpc) is 2.46. The molecule has 1 aromatic carbocycles. The van der Waals surface area contributed by atoms with E-state index in [2.05, 4.69) is 5.32 Å². The molecule has 1 aromatic rings. The Hall–Kier alpha value is -1.79. The Bertz CT molecular complexity index is 451. The van der Waals surface area contributed by atoms with E-state index >= 15 is 0 Å². The normalized spacial score (nSPS) is 11.8. The summed E-state index contributed by atoms with van der Waals surface area (Å²) in [7, 11) is 1.59. The molecule has 1 atom stereocenters. The van der Waals surface area contributed by atoms with Crippen LogP contribution in [-0.4, -0.2) is 38.9 Å². The first-order valence-electron chi connectivity index (χ1n) is 6.98. The minimum atomic E-state index is -0.214. The van der Waals surface area contributed by atoms with Crippen LogP contribution in [0.15, 0.2) is 18.2 Å². The lowest BCUT2D eigenvalue weighted by Crippen LogP contribution is -2.38. The fraction of sp³-hybridized carbons (Fsp3) is 0.533. The fourth-order valence-corrected chi connectivity index (χ4v) is 1.90. The number of hydrogen-bond acceptors (Lipinski definition) is 5. The first-order valence-corrected chi connectivity index (χ1v) is 6.98. The van der Waals surface area contributed by atoms with E-state index in [1.54, 1.807) is 13.2 Å². The van der Waals surface area contributed by atoms with Gasteiger partial charge in [-0.3, -0.25) is 4.79 Å². The van der Waals surface area contributed by atoms with Crippen molar-refractivity contribution in [1.29, 1.82) is 0 Å². The van der Waals surface area contributed by atoms with Gasteiger partial charge in [0, 0.05) is 25.3 Å². The molecular formula is C15H24N2O4. The molecule has 1 rings (SSSR count). The van der Waals surface area contributed by atoms with Crippen molar-refractivity contribution in [2.24, 2.45) is 5.73 Å². The van der Waals surface area contributed by atoms with Crippen molar-refractivity contribution in [3.05, 3.63) is 23.8 Å². The highest BCUT2D eigenvalue weighted by molar-refractivity contribution is 5.78. The zero-order chi connectivity index (χ0) is 15.7. The van der Waals surface area contributed by atoms with Crippen LogP contribution >= 0.6 is 0 Å². The van der Waals surface area contributed by atoms with Crippen molar-refractivity contribution in [1.82, 2.24) is 5.32 Å². The van der Waals surface area contributed by atoms with Gasteiger partial charge in [-0.15, -0.1) is 0 Å². The van der Waals surface area contributed by atoms with Crippen LogP contribution in [0, 0.1) is 0 Å². The molecular weight excluding hydrogens is 272 g/mol. The van der Waals surface area contributed by atoms with Crippen LogP contribution in [0.5, 0.6) is 11.5 Å². The van der Waals surface area contributed by atoms with E-state index in [9.17, 15) is 4.79 Å². The Morgan fingerprint density at radius 2 is 2.14 bits per heavy atom. The third-order valence-corrected chi connectivity index (χ3v) is 2.75. The number of carbonyl (C=O) groups is 1. The van der Waals surface area contributed by atoms with Gasteiger partial charge in [0.05, 0.1) is 13.2 Å². The lowest BCUT2D eigenvalue weighted by atomic mass is 10.2. The van der Waals surface area contributed by atoms with E-state index in [1.807, 2.05) is 26.0 Å². The summed E-state index contributed by atoms with van der Waals surface area (Å²) < 4.78 is 16.1. The Labute approximate surface area is 125 Å². The SMILES string of the molecule is CCOc1cccc(CN)c1OCC(=O)NC(C)COC. The maximum absolute atomic E-state index is 11.8. The van der Waals surface area contributed by atoms with Crippen molar-refractivity contribution in [2.75, 3.05) is 26.9 Å². The van der Waals surface area contributed by atoms with Crippen molar-refractivity contribution in [2.45, 2.75) is 26.4 Å². The molecule has 118 valence electrons. The molecule has 0 bridgehead atoms. The van der Waals surface area contributed by atoms with Crippen LogP contribution < -0.4 is 20.5 Å². The summed E-state index contributed by atoms with van der Waals surface area (Å²) in [5, 5.41) is 2.78. The predicted octanol–water partition coefficient (Wildman–Crippen LogP) is 1.07. The number of amides is 1. The van der Waals surface area contributed by atoms with Crippen molar-refractivity contribution in [3.8, 4) is 11.5 Å². The molecule has 0 aromatic heterocycles. The second-order valence-electron chi connectivity index (χ2n) is 4.59. The molecule has 6 nitrogen and oxygen atoms in total. The number of nitrogens with two attached hydrogens (primary N) is 1. The van der Waals surface area contributed by atoms with Crippen LogP contribution in [0.3, 0.4) is 0 Å². The standard InChI is InChI=1S/C15H24N2O4/c1-4-20-13-7-5-6-12(8-16)15(13)21-10-14(18)17-11(2)9-19-3/h5-7,11H,4,8-10,16H2,1-3H3,(H,17,18). The molecule has 0 saturated carbocycles. The Morgan fingerprint density at radius 3 is 2.76 bits per heavy atom. The number of para-hydroxylation sites is 1. The molecule has 3 N–H and O–H groups in total. The van der Waals surface area contributed by atoms with Gasteiger partial charge in [-0.1, -0.05) is 12.1 Å². The number of rotatable bonds is 9. The van der Waals surface area contributed by atoms with E-state index < -0.39 is 0 Å². The summed E-state index contributed by atoms with van der Waals surface area (Å²) in [6.07, 6.45) is 0. The van der Waals surface area contributed by atoms with Crippen LogP contribution in [0.4, 0.5) is 0 Å². The van der Waals surface area contributed by atoms with Gasteiger partial charge in [0.25, 0.3) is 5.91 Å². The number of methoxy groups -OCH3 is 1. The smallest absolute Gasteiger partial charge is 0.258 e. The monoisotopic (exact) mass is 296 g/mol. The van der Waals surface area contributed by atoms with Crippen molar-refractivity contribution >= 4 is 5.91 Å². The summed E-state index contributed by atoms with van der Waals surface area (Å²) in [6.45, 7) is 4.94. The molecule has 1 unspecified atom stereocenters. The van der Waals surface area contributed by atoms with Gasteiger partial charge < -0.3 is 25.3 Å². The summed E-state index contributed by atoms with van der Waals surface area (Å²) in [5.41, 5.74) is 6.49. The first kappa shape index (κ1) is 17.3. The Balaban J connectivity index is 2.67. The van der Waals surface area contributed by atoms with Crippen LogP contribution in [0.1, 0.15) is 19.4 Å². The van der Waals surface area contributed by atoms with Crippen LogP contribution in [-0.2, 0) is 16.1 Å². The lowest BCUT2D eigenvalue weighted by molar-refractivity contribution is -0.124. The van der Waals surface area contributed by atoms with E-state index in [-0.39, 0.29) is 18.6 Å². The average molecular weight is 296 g/mol. The zero-order valence-corrected chi connectivity index (χ0v) is 12.8. The first-order chi connectivity index (χ1) is 10.1. The van der Waals surface area contributed by atoms with Gasteiger partial charge in [-0.2, -0.15) is 0 Å². The molecule has 0 spiro atoms. The Kier molecular flexibility index (Phi) is 7.56. The van der Waals surface area contributed by atoms with Gasteiger partial charge in [-0.05, 0) is 19.9 Å². The molecule has 0 aliphatic rings. The minimum Gasteiger partial charge on any atom is -0.490 e. The van der Waals surface area contributed by atoms with Crippen molar-refractivity contribution in [3.63, 3.8) is 0 Å². The highest BCUT2D eigenvalue weighted by atomic mass is 16.5. The largest absolute Gasteiger partial charge is 0.490 e. The quantitative estimate of drug-likeness (QED) is 0.712. The third-order valence-electron chi connectivity index (χ3n) is 2.75. The summed E-state index contributed by atoms with van der Waals surface area (Å²) in [4.78, 5) is 11.8.